The Bertz CT molecular complexity index is 450. The van der Waals surface area contributed by atoms with Crippen molar-refractivity contribution in [2.45, 2.75) is 57.2 Å². The highest BCUT2D eigenvalue weighted by molar-refractivity contribution is 9.09. The van der Waals surface area contributed by atoms with E-state index < -0.39 is 0 Å². The van der Waals surface area contributed by atoms with Crippen LogP contribution >= 0.6 is 15.9 Å². The Kier molecular flexibility index (Phi) is 4.01. The van der Waals surface area contributed by atoms with E-state index >= 15 is 0 Å². The van der Waals surface area contributed by atoms with Gasteiger partial charge in [0.05, 0.1) is 0 Å². The van der Waals surface area contributed by atoms with Crippen molar-refractivity contribution in [2.75, 3.05) is 0 Å². The van der Waals surface area contributed by atoms with E-state index in [0.717, 1.165) is 28.5 Å². The lowest BCUT2D eigenvalue weighted by Crippen LogP contribution is -2.37. The first kappa shape index (κ1) is 14.6. The van der Waals surface area contributed by atoms with Gasteiger partial charge in [0.15, 0.2) is 0 Å². The lowest BCUT2D eigenvalue weighted by atomic mass is 9.66. The molecule has 0 spiro atoms. The van der Waals surface area contributed by atoms with Crippen molar-refractivity contribution in [2.24, 2.45) is 23.2 Å². The maximum atomic E-state index is 4.00. The third kappa shape index (κ3) is 2.71. The first-order chi connectivity index (χ1) is 9.50. The van der Waals surface area contributed by atoms with E-state index in [-0.39, 0.29) is 0 Å². The van der Waals surface area contributed by atoms with Gasteiger partial charge in [-0.3, -0.25) is 0 Å². The van der Waals surface area contributed by atoms with Crippen LogP contribution in [0.5, 0.6) is 0 Å². The zero-order chi connectivity index (χ0) is 14.3. The SMILES string of the molecule is CC1CCC(C(C)(C)C2CC2c2ccccc2)C(Br)C1. The molecule has 5 unspecified atom stereocenters. The Morgan fingerprint density at radius 2 is 1.70 bits per heavy atom. The first-order valence-corrected chi connectivity index (χ1v) is 9.10. The molecular weight excluding hydrogens is 308 g/mol. The van der Waals surface area contributed by atoms with E-state index in [0.29, 0.717) is 5.41 Å². The number of alkyl halides is 1. The maximum Gasteiger partial charge on any atom is 0.0181 e. The Balaban J connectivity index is 1.71. The van der Waals surface area contributed by atoms with Crippen LogP contribution in [0.4, 0.5) is 0 Å². The topological polar surface area (TPSA) is 0 Å². The summed E-state index contributed by atoms with van der Waals surface area (Å²) in [6.45, 7) is 7.45. The molecule has 20 heavy (non-hydrogen) atoms. The second kappa shape index (κ2) is 5.48. The monoisotopic (exact) mass is 334 g/mol. The van der Waals surface area contributed by atoms with Crippen LogP contribution in [0.2, 0.25) is 0 Å². The molecule has 2 aliphatic carbocycles. The predicted molar refractivity (Wildman–Crippen MR) is 90.3 cm³/mol. The van der Waals surface area contributed by atoms with E-state index in [1.807, 2.05) is 0 Å². The number of hydrogen-bond donors (Lipinski definition) is 0. The van der Waals surface area contributed by atoms with E-state index in [2.05, 4.69) is 67.0 Å². The summed E-state index contributed by atoms with van der Waals surface area (Å²) in [7, 11) is 0. The van der Waals surface area contributed by atoms with Crippen LogP contribution in [0.25, 0.3) is 0 Å². The molecule has 2 saturated carbocycles. The number of halogens is 1. The van der Waals surface area contributed by atoms with Crippen molar-refractivity contribution < 1.29 is 0 Å². The zero-order valence-corrected chi connectivity index (χ0v) is 14.6. The summed E-state index contributed by atoms with van der Waals surface area (Å²) in [5.41, 5.74) is 2.02. The highest BCUT2D eigenvalue weighted by Gasteiger charge is 2.53. The lowest BCUT2D eigenvalue weighted by molar-refractivity contribution is 0.120. The van der Waals surface area contributed by atoms with Gasteiger partial charge in [-0.2, -0.15) is 0 Å². The van der Waals surface area contributed by atoms with Crippen molar-refractivity contribution in [3.8, 4) is 0 Å². The van der Waals surface area contributed by atoms with Crippen LogP contribution in [-0.2, 0) is 0 Å². The first-order valence-electron chi connectivity index (χ1n) is 8.19. The van der Waals surface area contributed by atoms with Crippen LogP contribution in [0.15, 0.2) is 30.3 Å². The minimum absolute atomic E-state index is 0.467. The average Bonchev–Trinajstić information content (AvgIpc) is 3.20. The molecule has 0 saturated heterocycles. The largest absolute Gasteiger partial charge is 0.0887 e. The molecular formula is C19H27Br. The summed E-state index contributed by atoms with van der Waals surface area (Å²) in [5.74, 6) is 3.43. The molecule has 0 nitrogen and oxygen atoms in total. The summed E-state index contributed by atoms with van der Waals surface area (Å²) in [5, 5.41) is 0. The fourth-order valence-corrected chi connectivity index (χ4v) is 6.09. The van der Waals surface area contributed by atoms with Crippen LogP contribution in [0.3, 0.4) is 0 Å². The number of hydrogen-bond acceptors (Lipinski definition) is 0. The Hall–Kier alpha value is -0.300. The molecule has 0 radical (unpaired) electrons. The molecule has 0 heterocycles. The highest BCUT2D eigenvalue weighted by Crippen LogP contribution is 2.62. The highest BCUT2D eigenvalue weighted by atomic mass is 79.9. The molecule has 2 aliphatic rings. The molecule has 1 aromatic rings. The third-order valence-corrected chi connectivity index (χ3v) is 6.98. The van der Waals surface area contributed by atoms with Crippen molar-refractivity contribution in [1.82, 2.24) is 0 Å². The zero-order valence-electron chi connectivity index (χ0n) is 13.0. The number of rotatable bonds is 3. The molecule has 0 aromatic heterocycles. The molecule has 110 valence electrons. The maximum absolute atomic E-state index is 4.00. The molecule has 2 fully saturated rings. The van der Waals surface area contributed by atoms with E-state index in [1.54, 1.807) is 5.56 Å². The van der Waals surface area contributed by atoms with Gasteiger partial charge in [0.1, 0.15) is 0 Å². The Morgan fingerprint density at radius 3 is 2.35 bits per heavy atom. The molecule has 0 amide bonds. The van der Waals surface area contributed by atoms with Gasteiger partial charge in [-0.1, -0.05) is 73.5 Å². The Morgan fingerprint density at radius 1 is 1.00 bits per heavy atom. The molecule has 5 atom stereocenters. The molecule has 0 bridgehead atoms. The van der Waals surface area contributed by atoms with Crippen molar-refractivity contribution in [3.63, 3.8) is 0 Å². The van der Waals surface area contributed by atoms with Crippen molar-refractivity contribution >= 4 is 15.9 Å². The smallest absolute Gasteiger partial charge is 0.0181 e. The minimum Gasteiger partial charge on any atom is -0.0887 e. The fourth-order valence-electron chi connectivity index (χ4n) is 4.51. The van der Waals surface area contributed by atoms with E-state index in [9.17, 15) is 0 Å². The average molecular weight is 335 g/mol. The number of benzene rings is 1. The fraction of sp³-hybridized carbons (Fsp3) is 0.684. The molecule has 0 N–H and O–H groups in total. The Labute approximate surface area is 132 Å². The second-order valence-electron chi connectivity index (χ2n) is 7.72. The van der Waals surface area contributed by atoms with Crippen molar-refractivity contribution in [3.05, 3.63) is 35.9 Å². The normalized spacial score (nSPS) is 37.7. The standard InChI is InChI=1S/C19H27Br/c1-13-9-10-16(18(20)11-13)19(2,3)17-12-15(17)14-7-5-4-6-8-14/h4-8,13,15-18H,9-12H2,1-3H3. The quantitative estimate of drug-likeness (QED) is 0.593. The van der Waals surface area contributed by atoms with Crippen LogP contribution < -0.4 is 0 Å². The van der Waals surface area contributed by atoms with E-state index in [1.165, 1.54) is 25.7 Å². The summed E-state index contributed by atoms with van der Waals surface area (Å²) in [6, 6.07) is 11.1. The molecule has 1 aromatic carbocycles. The molecule has 3 rings (SSSR count). The van der Waals surface area contributed by atoms with Gasteiger partial charge in [-0.05, 0) is 53.9 Å². The predicted octanol–water partition coefficient (Wildman–Crippen LogP) is 6.02. The minimum atomic E-state index is 0.467. The van der Waals surface area contributed by atoms with Gasteiger partial charge in [-0.25, -0.2) is 0 Å². The van der Waals surface area contributed by atoms with Crippen LogP contribution in [0.1, 0.15) is 57.9 Å². The van der Waals surface area contributed by atoms with E-state index in [4.69, 9.17) is 0 Å². The van der Waals surface area contributed by atoms with Gasteiger partial charge in [-0.15, -0.1) is 0 Å². The van der Waals surface area contributed by atoms with Crippen LogP contribution in [0, 0.1) is 23.2 Å². The van der Waals surface area contributed by atoms with Gasteiger partial charge in [0.25, 0.3) is 0 Å². The second-order valence-corrected chi connectivity index (χ2v) is 8.90. The van der Waals surface area contributed by atoms with Gasteiger partial charge < -0.3 is 0 Å². The van der Waals surface area contributed by atoms with Crippen LogP contribution in [-0.4, -0.2) is 4.83 Å². The molecule has 1 heteroatoms. The van der Waals surface area contributed by atoms with Gasteiger partial charge in [0, 0.05) is 4.83 Å². The summed E-state index contributed by atoms with van der Waals surface area (Å²) < 4.78 is 0. The molecule has 0 aliphatic heterocycles. The van der Waals surface area contributed by atoms with Crippen molar-refractivity contribution in [1.29, 1.82) is 0 Å². The summed E-state index contributed by atoms with van der Waals surface area (Å²) >= 11 is 4.00. The lowest BCUT2D eigenvalue weighted by Gasteiger charge is -2.43. The summed E-state index contributed by atoms with van der Waals surface area (Å²) in [4.78, 5) is 0.721. The van der Waals surface area contributed by atoms with Gasteiger partial charge in [0.2, 0.25) is 0 Å². The third-order valence-electron chi connectivity index (χ3n) is 5.96. The summed E-state index contributed by atoms with van der Waals surface area (Å²) in [6.07, 6.45) is 5.57. The van der Waals surface area contributed by atoms with Gasteiger partial charge >= 0.3 is 0 Å².